The maximum Gasteiger partial charge on any atom is 0.287 e. The SMILES string of the molecule is CC(NC(=O)c1ccco1)C(=O)NCC(O)C(N)=O. The molecule has 8 heteroatoms. The Hall–Kier alpha value is -2.35. The lowest BCUT2D eigenvalue weighted by molar-refractivity contribution is -0.127. The van der Waals surface area contributed by atoms with E-state index in [1.807, 2.05) is 0 Å². The molecule has 0 aliphatic heterocycles. The Kier molecular flexibility index (Phi) is 5.07. The van der Waals surface area contributed by atoms with Gasteiger partial charge >= 0.3 is 0 Å². The number of carbonyl (C=O) groups excluding carboxylic acids is 3. The highest BCUT2D eigenvalue weighted by Crippen LogP contribution is 1.99. The summed E-state index contributed by atoms with van der Waals surface area (Å²) in [5, 5.41) is 13.8. The van der Waals surface area contributed by atoms with Crippen molar-refractivity contribution < 1.29 is 23.9 Å². The summed E-state index contributed by atoms with van der Waals surface area (Å²) < 4.78 is 4.86. The maximum absolute atomic E-state index is 11.6. The minimum Gasteiger partial charge on any atom is -0.459 e. The molecule has 0 saturated carbocycles. The van der Waals surface area contributed by atoms with Crippen LogP contribution < -0.4 is 16.4 Å². The molecular formula is C11H15N3O5. The molecule has 2 unspecified atom stereocenters. The number of nitrogens with one attached hydrogen (secondary N) is 2. The van der Waals surface area contributed by atoms with E-state index in [1.165, 1.54) is 19.3 Å². The van der Waals surface area contributed by atoms with Crippen LogP contribution in [0.2, 0.25) is 0 Å². The van der Waals surface area contributed by atoms with Crippen molar-refractivity contribution in [1.82, 2.24) is 10.6 Å². The first-order valence-electron chi connectivity index (χ1n) is 5.51. The first-order valence-corrected chi connectivity index (χ1v) is 5.51. The van der Waals surface area contributed by atoms with Gasteiger partial charge in [-0.2, -0.15) is 0 Å². The van der Waals surface area contributed by atoms with Crippen molar-refractivity contribution in [3.63, 3.8) is 0 Å². The Bertz CT molecular complexity index is 457. The van der Waals surface area contributed by atoms with Crippen LogP contribution in [0.5, 0.6) is 0 Å². The molecule has 8 nitrogen and oxygen atoms in total. The monoisotopic (exact) mass is 269 g/mol. The van der Waals surface area contributed by atoms with E-state index in [2.05, 4.69) is 10.6 Å². The second-order valence-electron chi connectivity index (χ2n) is 3.84. The van der Waals surface area contributed by atoms with Crippen molar-refractivity contribution in [2.24, 2.45) is 5.73 Å². The molecule has 5 N–H and O–H groups in total. The van der Waals surface area contributed by atoms with Gasteiger partial charge in [-0.15, -0.1) is 0 Å². The lowest BCUT2D eigenvalue weighted by Gasteiger charge is -2.14. The summed E-state index contributed by atoms with van der Waals surface area (Å²) >= 11 is 0. The fourth-order valence-electron chi connectivity index (χ4n) is 1.19. The van der Waals surface area contributed by atoms with Crippen LogP contribution >= 0.6 is 0 Å². The molecule has 1 heterocycles. The van der Waals surface area contributed by atoms with Gasteiger partial charge in [0.1, 0.15) is 12.1 Å². The lowest BCUT2D eigenvalue weighted by atomic mass is 10.2. The highest BCUT2D eigenvalue weighted by atomic mass is 16.3. The van der Waals surface area contributed by atoms with E-state index in [1.54, 1.807) is 6.07 Å². The smallest absolute Gasteiger partial charge is 0.287 e. The van der Waals surface area contributed by atoms with Gasteiger partial charge in [-0.3, -0.25) is 14.4 Å². The molecule has 0 aliphatic carbocycles. The highest BCUT2D eigenvalue weighted by molar-refractivity contribution is 5.95. The zero-order valence-corrected chi connectivity index (χ0v) is 10.3. The molecule has 0 saturated heterocycles. The van der Waals surface area contributed by atoms with Crippen LogP contribution in [0.25, 0.3) is 0 Å². The third-order valence-corrected chi connectivity index (χ3v) is 2.28. The van der Waals surface area contributed by atoms with E-state index in [4.69, 9.17) is 15.3 Å². The number of furan rings is 1. The fraction of sp³-hybridized carbons (Fsp3) is 0.364. The summed E-state index contributed by atoms with van der Waals surface area (Å²) in [5.41, 5.74) is 4.82. The van der Waals surface area contributed by atoms with Gasteiger partial charge < -0.3 is 25.9 Å². The lowest BCUT2D eigenvalue weighted by Crippen LogP contribution is -2.48. The molecule has 1 aromatic heterocycles. The molecule has 0 bridgehead atoms. The number of amides is 3. The fourth-order valence-corrected chi connectivity index (χ4v) is 1.19. The number of carbonyl (C=O) groups is 3. The largest absolute Gasteiger partial charge is 0.459 e. The van der Waals surface area contributed by atoms with Crippen LogP contribution in [0.15, 0.2) is 22.8 Å². The number of aliphatic hydroxyl groups excluding tert-OH is 1. The Morgan fingerprint density at radius 1 is 1.47 bits per heavy atom. The summed E-state index contributed by atoms with van der Waals surface area (Å²) in [6.45, 7) is 1.14. The van der Waals surface area contributed by atoms with Crippen LogP contribution in [0.1, 0.15) is 17.5 Å². The van der Waals surface area contributed by atoms with Gasteiger partial charge in [0, 0.05) is 0 Å². The number of nitrogens with two attached hydrogens (primary N) is 1. The summed E-state index contributed by atoms with van der Waals surface area (Å²) in [5.74, 6) is -1.95. The predicted octanol–water partition coefficient (Wildman–Crippen LogP) is -1.64. The van der Waals surface area contributed by atoms with Crippen LogP contribution in [-0.2, 0) is 9.59 Å². The quantitative estimate of drug-likeness (QED) is 0.491. The van der Waals surface area contributed by atoms with Crippen molar-refractivity contribution in [3.05, 3.63) is 24.2 Å². The van der Waals surface area contributed by atoms with Crippen LogP contribution in [0.3, 0.4) is 0 Å². The van der Waals surface area contributed by atoms with Gasteiger partial charge in [0.05, 0.1) is 12.8 Å². The van der Waals surface area contributed by atoms with Gasteiger partial charge in [-0.25, -0.2) is 0 Å². The third-order valence-electron chi connectivity index (χ3n) is 2.28. The van der Waals surface area contributed by atoms with Crippen LogP contribution in [0, 0.1) is 0 Å². The topological polar surface area (TPSA) is 135 Å². The minimum absolute atomic E-state index is 0.0804. The Morgan fingerprint density at radius 3 is 2.68 bits per heavy atom. The van der Waals surface area contributed by atoms with Crippen molar-refractivity contribution in [2.75, 3.05) is 6.54 Å². The minimum atomic E-state index is -1.46. The second kappa shape index (κ2) is 6.55. The molecule has 19 heavy (non-hydrogen) atoms. The molecule has 0 spiro atoms. The summed E-state index contributed by atoms with van der Waals surface area (Å²) in [6, 6.07) is 2.15. The zero-order valence-electron chi connectivity index (χ0n) is 10.3. The molecule has 0 radical (unpaired) electrons. The molecule has 1 rings (SSSR count). The van der Waals surface area contributed by atoms with Gasteiger partial charge in [0.2, 0.25) is 11.8 Å². The first-order chi connectivity index (χ1) is 8.91. The molecule has 0 fully saturated rings. The van der Waals surface area contributed by atoms with E-state index in [-0.39, 0.29) is 12.3 Å². The molecule has 0 aliphatic rings. The van der Waals surface area contributed by atoms with Gasteiger partial charge in [-0.1, -0.05) is 0 Å². The number of rotatable bonds is 6. The molecule has 1 aromatic rings. The maximum atomic E-state index is 11.6. The van der Waals surface area contributed by atoms with Crippen molar-refractivity contribution in [1.29, 1.82) is 0 Å². The first kappa shape index (κ1) is 14.7. The standard InChI is InChI=1S/C11H15N3O5/c1-6(10(17)13-5-7(15)9(12)16)14-11(18)8-3-2-4-19-8/h2-4,6-7,15H,5H2,1H3,(H2,12,16)(H,13,17)(H,14,18). The molecule has 3 amide bonds. The number of hydrogen-bond donors (Lipinski definition) is 4. The van der Waals surface area contributed by atoms with E-state index in [0.717, 1.165) is 0 Å². The number of hydrogen-bond acceptors (Lipinski definition) is 5. The number of aliphatic hydroxyl groups is 1. The molecular weight excluding hydrogens is 254 g/mol. The summed E-state index contributed by atoms with van der Waals surface area (Å²) in [7, 11) is 0. The van der Waals surface area contributed by atoms with E-state index < -0.39 is 29.9 Å². The van der Waals surface area contributed by atoms with Crippen LogP contribution in [0.4, 0.5) is 0 Å². The third kappa shape index (κ3) is 4.43. The zero-order chi connectivity index (χ0) is 14.4. The van der Waals surface area contributed by atoms with E-state index in [0.29, 0.717) is 0 Å². The normalized spacial score (nSPS) is 13.4. The average molecular weight is 269 g/mol. The Morgan fingerprint density at radius 2 is 2.16 bits per heavy atom. The van der Waals surface area contributed by atoms with E-state index >= 15 is 0 Å². The average Bonchev–Trinajstić information content (AvgIpc) is 2.88. The van der Waals surface area contributed by atoms with Crippen molar-refractivity contribution in [3.8, 4) is 0 Å². The second-order valence-corrected chi connectivity index (χ2v) is 3.84. The predicted molar refractivity (Wildman–Crippen MR) is 63.8 cm³/mol. The number of primary amides is 1. The van der Waals surface area contributed by atoms with Gasteiger partial charge in [0.15, 0.2) is 5.76 Å². The Balaban J connectivity index is 2.41. The Labute approximate surface area is 108 Å². The van der Waals surface area contributed by atoms with Crippen LogP contribution in [-0.4, -0.2) is 41.5 Å². The van der Waals surface area contributed by atoms with Crippen molar-refractivity contribution >= 4 is 17.7 Å². The molecule has 104 valence electrons. The van der Waals surface area contributed by atoms with Crippen molar-refractivity contribution in [2.45, 2.75) is 19.1 Å². The summed E-state index contributed by atoms with van der Waals surface area (Å²) in [4.78, 5) is 33.7. The molecule has 2 atom stereocenters. The highest BCUT2D eigenvalue weighted by Gasteiger charge is 2.19. The summed E-state index contributed by atoms with van der Waals surface area (Å²) in [6.07, 6.45) is -0.125. The van der Waals surface area contributed by atoms with Gasteiger partial charge in [-0.05, 0) is 19.1 Å². The van der Waals surface area contributed by atoms with E-state index in [9.17, 15) is 14.4 Å². The molecule has 0 aromatic carbocycles. The van der Waals surface area contributed by atoms with Gasteiger partial charge in [0.25, 0.3) is 5.91 Å².